The minimum atomic E-state index is 0. The van der Waals surface area contributed by atoms with Gasteiger partial charge in [-0.1, -0.05) is 18.2 Å². The van der Waals surface area contributed by atoms with Gasteiger partial charge in [-0.15, -0.1) is 12.4 Å². The Kier molecular flexibility index (Phi) is 6.36. The third-order valence-corrected chi connectivity index (χ3v) is 3.91. The highest BCUT2D eigenvalue weighted by molar-refractivity contribution is 6.06. The summed E-state index contributed by atoms with van der Waals surface area (Å²) in [6.45, 7) is 4.00. The van der Waals surface area contributed by atoms with Crippen LogP contribution in [0.15, 0.2) is 24.3 Å². The maximum Gasteiger partial charge on any atom is 0.152 e. The summed E-state index contributed by atoms with van der Waals surface area (Å²) >= 11 is 0. The molecule has 3 rings (SSSR count). The van der Waals surface area contributed by atoms with Gasteiger partial charge < -0.3 is 20.1 Å². The number of hydrogen-bond acceptors (Lipinski definition) is 5. The van der Waals surface area contributed by atoms with Crippen LogP contribution < -0.4 is 5.73 Å². The lowest BCUT2D eigenvalue weighted by atomic mass is 10.2. The smallest absolute Gasteiger partial charge is 0.152 e. The number of hydrogen-bond donors (Lipinski definition) is 2. The van der Waals surface area contributed by atoms with E-state index in [4.69, 9.17) is 15.6 Å². The van der Waals surface area contributed by atoms with Gasteiger partial charge in [-0.3, -0.25) is 0 Å². The molecule has 7 heteroatoms. The molecule has 2 heterocycles. The van der Waals surface area contributed by atoms with Gasteiger partial charge in [0.2, 0.25) is 0 Å². The highest BCUT2D eigenvalue weighted by Crippen LogP contribution is 2.29. The van der Waals surface area contributed by atoms with Crippen LogP contribution in [0.3, 0.4) is 0 Å². The second kappa shape index (κ2) is 8.28. The lowest BCUT2D eigenvalue weighted by Gasteiger charge is -2.10. The van der Waals surface area contributed by atoms with E-state index in [1.165, 1.54) is 0 Å². The van der Waals surface area contributed by atoms with Crippen LogP contribution in [0.4, 0.5) is 5.82 Å². The Morgan fingerprint density at radius 2 is 2.00 bits per heavy atom. The van der Waals surface area contributed by atoms with Gasteiger partial charge >= 0.3 is 0 Å². The van der Waals surface area contributed by atoms with Gasteiger partial charge in [-0.25, -0.2) is 9.97 Å². The van der Waals surface area contributed by atoms with Crippen LogP contribution in [0.25, 0.3) is 21.9 Å². The number of aromatic nitrogens is 3. The number of rotatable bonds is 7. The van der Waals surface area contributed by atoms with Crippen molar-refractivity contribution in [2.24, 2.45) is 0 Å². The molecule has 0 spiro atoms. The van der Waals surface area contributed by atoms with Crippen LogP contribution in [0.5, 0.6) is 0 Å². The third kappa shape index (κ3) is 3.45. The zero-order valence-electron chi connectivity index (χ0n) is 13.7. The fraction of sp³-hybridized carbons (Fsp3) is 0.412. The molecule has 6 nitrogen and oxygen atoms in total. The summed E-state index contributed by atoms with van der Waals surface area (Å²) in [6.07, 6.45) is 1.63. The van der Waals surface area contributed by atoms with Crippen LogP contribution in [-0.4, -0.2) is 32.9 Å². The molecule has 0 bridgehead atoms. The summed E-state index contributed by atoms with van der Waals surface area (Å²) in [7, 11) is 0. The van der Waals surface area contributed by atoms with E-state index < -0.39 is 0 Å². The second-order valence-electron chi connectivity index (χ2n) is 5.46. The number of nitrogen functional groups attached to an aromatic ring is 1. The monoisotopic (exact) mass is 350 g/mol. The first kappa shape index (κ1) is 18.4. The summed E-state index contributed by atoms with van der Waals surface area (Å²) in [5.74, 6) is 1.29. The van der Waals surface area contributed by atoms with Crippen molar-refractivity contribution in [2.75, 3.05) is 18.9 Å². The third-order valence-electron chi connectivity index (χ3n) is 3.91. The Bertz CT molecular complexity index is 819. The molecular weight excluding hydrogens is 328 g/mol. The molecule has 0 aliphatic carbocycles. The average molecular weight is 351 g/mol. The molecule has 0 saturated heterocycles. The molecule has 0 amide bonds. The molecule has 0 unspecified atom stereocenters. The zero-order chi connectivity index (χ0) is 16.2. The zero-order valence-corrected chi connectivity index (χ0v) is 14.6. The first-order valence-corrected chi connectivity index (χ1v) is 7.98. The van der Waals surface area contributed by atoms with E-state index in [9.17, 15) is 0 Å². The van der Waals surface area contributed by atoms with Gasteiger partial charge in [0, 0.05) is 25.1 Å². The number of para-hydroxylation sites is 1. The molecular formula is C17H23ClN4O2. The summed E-state index contributed by atoms with van der Waals surface area (Å²) in [5, 5.41) is 10.1. The number of fused-ring (bicyclic) bond motifs is 3. The first-order valence-electron chi connectivity index (χ1n) is 7.98. The minimum Gasteiger partial charge on any atom is -0.396 e. The lowest BCUT2D eigenvalue weighted by molar-refractivity contribution is 0.125. The molecule has 24 heavy (non-hydrogen) atoms. The number of pyridine rings is 1. The molecule has 0 aliphatic rings. The van der Waals surface area contributed by atoms with Crippen molar-refractivity contribution in [3.05, 3.63) is 30.1 Å². The van der Waals surface area contributed by atoms with Crippen LogP contribution in [0.2, 0.25) is 0 Å². The summed E-state index contributed by atoms with van der Waals surface area (Å²) < 4.78 is 7.71. The van der Waals surface area contributed by atoms with Crippen molar-refractivity contribution in [3.63, 3.8) is 0 Å². The van der Waals surface area contributed by atoms with Crippen LogP contribution in [0, 0.1) is 0 Å². The number of aryl methyl sites for hydroxylation is 1. The Labute approximate surface area is 147 Å². The van der Waals surface area contributed by atoms with Crippen LogP contribution >= 0.6 is 12.4 Å². The Hall–Kier alpha value is -1.89. The summed E-state index contributed by atoms with van der Waals surface area (Å²) in [4.78, 5) is 9.12. The number of anilines is 1. The van der Waals surface area contributed by atoms with Gasteiger partial charge in [0.05, 0.1) is 11.0 Å². The van der Waals surface area contributed by atoms with Crippen molar-refractivity contribution in [3.8, 4) is 0 Å². The molecule has 2 aromatic heterocycles. The van der Waals surface area contributed by atoms with Gasteiger partial charge in [0.1, 0.15) is 17.9 Å². The number of aliphatic hydroxyl groups excluding tert-OH is 1. The predicted molar refractivity (Wildman–Crippen MR) is 98.3 cm³/mol. The van der Waals surface area contributed by atoms with Crippen LogP contribution in [-0.2, 0) is 17.9 Å². The fourth-order valence-corrected chi connectivity index (χ4v) is 2.83. The fourth-order valence-electron chi connectivity index (χ4n) is 2.83. The summed E-state index contributed by atoms with van der Waals surface area (Å²) in [6, 6.07) is 7.94. The number of nitrogens with two attached hydrogens (primary N) is 1. The highest BCUT2D eigenvalue weighted by Gasteiger charge is 2.16. The first-order chi connectivity index (χ1) is 11.3. The van der Waals surface area contributed by atoms with Gasteiger partial charge in [0.25, 0.3) is 0 Å². The minimum absolute atomic E-state index is 0. The van der Waals surface area contributed by atoms with Gasteiger partial charge in [0.15, 0.2) is 5.82 Å². The van der Waals surface area contributed by atoms with Crippen molar-refractivity contribution in [1.29, 1.82) is 0 Å². The quantitative estimate of drug-likeness (QED) is 0.640. The number of aliphatic hydroxyl groups is 1. The molecule has 0 saturated carbocycles. The maximum atomic E-state index is 9.06. The molecule has 0 radical (unpaired) electrons. The molecule has 0 atom stereocenters. The molecule has 3 N–H and O–H groups in total. The Morgan fingerprint density at radius 3 is 2.75 bits per heavy atom. The van der Waals surface area contributed by atoms with Gasteiger partial charge in [-0.2, -0.15) is 0 Å². The van der Waals surface area contributed by atoms with Crippen molar-refractivity contribution in [1.82, 2.24) is 14.5 Å². The highest BCUT2D eigenvalue weighted by atomic mass is 35.5. The normalized spacial score (nSPS) is 11.1. The number of nitrogens with zero attached hydrogens (tertiary/aromatic N) is 3. The van der Waals surface area contributed by atoms with Crippen molar-refractivity contribution in [2.45, 2.75) is 32.9 Å². The molecule has 1 aromatic carbocycles. The van der Waals surface area contributed by atoms with Gasteiger partial charge in [-0.05, 0) is 25.8 Å². The SMILES string of the molecule is CCOCc1nc2c(N)nc3ccccc3c2n1CCCCO.Cl. The van der Waals surface area contributed by atoms with Crippen molar-refractivity contribution < 1.29 is 9.84 Å². The van der Waals surface area contributed by atoms with E-state index in [0.717, 1.165) is 47.1 Å². The maximum absolute atomic E-state index is 9.06. The van der Waals surface area contributed by atoms with E-state index >= 15 is 0 Å². The van der Waals surface area contributed by atoms with Crippen molar-refractivity contribution >= 4 is 40.2 Å². The Morgan fingerprint density at radius 1 is 1.21 bits per heavy atom. The number of unbranched alkanes of at least 4 members (excludes halogenated alkanes) is 1. The number of imidazole rings is 1. The topological polar surface area (TPSA) is 86.2 Å². The molecule has 130 valence electrons. The average Bonchev–Trinajstić information content (AvgIpc) is 2.93. The standard InChI is InChI=1S/C17H22N4O2.ClH/c1-2-23-11-14-20-15-16(21(14)9-5-6-10-22)12-7-3-4-8-13(12)19-17(15)18;/h3-4,7-8,22H,2,5-6,9-11H2,1H3,(H2,18,19);1H. The number of halogens is 1. The predicted octanol–water partition coefficient (Wildman–Crippen LogP) is 2.90. The van der Waals surface area contributed by atoms with E-state index in [0.29, 0.717) is 19.0 Å². The van der Waals surface area contributed by atoms with E-state index in [1.807, 2.05) is 31.2 Å². The largest absolute Gasteiger partial charge is 0.396 e. The van der Waals surface area contributed by atoms with Crippen LogP contribution in [0.1, 0.15) is 25.6 Å². The second-order valence-corrected chi connectivity index (χ2v) is 5.46. The number of benzene rings is 1. The number of ether oxygens (including phenoxy) is 1. The molecule has 3 aromatic rings. The summed E-state index contributed by atoms with van der Waals surface area (Å²) in [5.41, 5.74) is 8.71. The van der Waals surface area contributed by atoms with E-state index in [2.05, 4.69) is 14.5 Å². The van der Waals surface area contributed by atoms with E-state index in [-0.39, 0.29) is 19.0 Å². The van der Waals surface area contributed by atoms with E-state index in [1.54, 1.807) is 0 Å². The lowest BCUT2D eigenvalue weighted by Crippen LogP contribution is -2.07. The Balaban J connectivity index is 0.00000208. The molecule has 0 aliphatic heterocycles. The molecule has 0 fully saturated rings.